The van der Waals surface area contributed by atoms with Gasteiger partial charge < -0.3 is 15.0 Å². The van der Waals surface area contributed by atoms with Gasteiger partial charge in [0.2, 0.25) is 0 Å². The van der Waals surface area contributed by atoms with E-state index in [-0.39, 0.29) is 17.9 Å². The number of benzene rings is 2. The van der Waals surface area contributed by atoms with Gasteiger partial charge in [0.15, 0.2) is 5.60 Å². The smallest absolute Gasteiger partial charge is 0.378 e. The third kappa shape index (κ3) is 4.49. The molecule has 0 aliphatic carbocycles. The lowest BCUT2D eigenvalue weighted by Crippen LogP contribution is -2.43. The number of nitriles is 1. The van der Waals surface area contributed by atoms with E-state index in [1.54, 1.807) is 6.07 Å². The predicted molar refractivity (Wildman–Crippen MR) is 104 cm³/mol. The minimum absolute atomic E-state index is 0.115. The number of carbonyl (C=O) groups is 1. The summed E-state index contributed by atoms with van der Waals surface area (Å²) in [5, 5.41) is 33.1. The molecule has 2 N–H and O–H groups in total. The second-order valence-electron chi connectivity index (χ2n) is 7.04. The van der Waals surface area contributed by atoms with Gasteiger partial charge in [-0.3, -0.25) is 14.9 Å². The van der Waals surface area contributed by atoms with Gasteiger partial charge in [0.25, 0.3) is 11.6 Å². The number of anilines is 1. The van der Waals surface area contributed by atoms with Crippen LogP contribution in [-0.4, -0.2) is 26.1 Å². The molecular formula is C20H15F3N4O4. The molecule has 0 aliphatic rings. The Morgan fingerprint density at radius 3 is 2.58 bits per heavy atom. The molecule has 0 saturated heterocycles. The SMILES string of the molecule is CC(O)(Cn1ccc2cc([N+](=O)[O-])ccc21)C(=O)Nc1ccc(C#N)c(C(F)(F)F)c1. The fourth-order valence-corrected chi connectivity index (χ4v) is 3.06. The van der Waals surface area contributed by atoms with E-state index in [4.69, 9.17) is 5.26 Å². The van der Waals surface area contributed by atoms with Crippen molar-refractivity contribution in [3.63, 3.8) is 0 Å². The summed E-state index contributed by atoms with van der Waals surface area (Å²) in [4.78, 5) is 22.9. The number of hydrogen-bond donors (Lipinski definition) is 2. The van der Waals surface area contributed by atoms with Crippen LogP contribution in [0.5, 0.6) is 0 Å². The molecule has 0 fully saturated rings. The average molecular weight is 432 g/mol. The van der Waals surface area contributed by atoms with Gasteiger partial charge in [-0.05, 0) is 37.3 Å². The van der Waals surface area contributed by atoms with Gasteiger partial charge in [-0.25, -0.2) is 0 Å². The van der Waals surface area contributed by atoms with Crippen molar-refractivity contribution in [2.24, 2.45) is 0 Å². The normalized spacial score (nSPS) is 13.4. The lowest BCUT2D eigenvalue weighted by atomic mass is 10.0. The Morgan fingerprint density at radius 1 is 1.26 bits per heavy atom. The van der Waals surface area contributed by atoms with Gasteiger partial charge in [0, 0.05) is 34.9 Å². The van der Waals surface area contributed by atoms with Crippen molar-refractivity contribution in [1.82, 2.24) is 4.57 Å². The first-order chi connectivity index (χ1) is 14.4. The first kappa shape index (κ1) is 21.8. The summed E-state index contributed by atoms with van der Waals surface area (Å²) in [5.41, 5.74) is -3.65. The summed E-state index contributed by atoms with van der Waals surface area (Å²) in [6.45, 7) is 0.927. The van der Waals surface area contributed by atoms with Crippen molar-refractivity contribution in [2.75, 3.05) is 5.32 Å². The molecule has 1 aromatic heterocycles. The molecule has 3 aromatic rings. The van der Waals surface area contributed by atoms with E-state index in [9.17, 15) is 33.2 Å². The van der Waals surface area contributed by atoms with Crippen LogP contribution >= 0.6 is 0 Å². The number of aromatic nitrogens is 1. The number of carbonyl (C=O) groups excluding carboxylic acids is 1. The highest BCUT2D eigenvalue weighted by molar-refractivity contribution is 5.97. The van der Waals surface area contributed by atoms with Crippen LogP contribution in [0.3, 0.4) is 0 Å². The summed E-state index contributed by atoms with van der Waals surface area (Å²) in [6, 6.07) is 9.80. The van der Waals surface area contributed by atoms with E-state index >= 15 is 0 Å². The Kier molecular flexibility index (Phi) is 5.43. The number of non-ortho nitro benzene ring substituents is 1. The fourth-order valence-electron chi connectivity index (χ4n) is 3.06. The summed E-state index contributed by atoms with van der Waals surface area (Å²) >= 11 is 0. The van der Waals surface area contributed by atoms with Crippen molar-refractivity contribution >= 4 is 28.2 Å². The van der Waals surface area contributed by atoms with E-state index in [0.717, 1.165) is 12.1 Å². The molecule has 0 radical (unpaired) electrons. The number of rotatable bonds is 5. The maximum atomic E-state index is 13.1. The highest BCUT2D eigenvalue weighted by atomic mass is 19.4. The van der Waals surface area contributed by atoms with E-state index < -0.39 is 33.7 Å². The minimum atomic E-state index is -4.79. The quantitative estimate of drug-likeness (QED) is 0.469. The lowest BCUT2D eigenvalue weighted by Gasteiger charge is -2.24. The van der Waals surface area contributed by atoms with Gasteiger partial charge in [-0.2, -0.15) is 18.4 Å². The Bertz CT molecular complexity index is 1230. The average Bonchev–Trinajstić information content (AvgIpc) is 3.08. The number of halogens is 3. The minimum Gasteiger partial charge on any atom is -0.378 e. The monoisotopic (exact) mass is 432 g/mol. The summed E-state index contributed by atoms with van der Waals surface area (Å²) in [6.07, 6.45) is -3.26. The first-order valence-electron chi connectivity index (χ1n) is 8.81. The molecule has 8 nitrogen and oxygen atoms in total. The number of hydrogen-bond acceptors (Lipinski definition) is 5. The maximum absolute atomic E-state index is 13.1. The van der Waals surface area contributed by atoms with Gasteiger partial charge in [-0.1, -0.05) is 0 Å². The van der Waals surface area contributed by atoms with Gasteiger partial charge in [0.05, 0.1) is 28.7 Å². The van der Waals surface area contributed by atoms with Crippen LogP contribution in [0.2, 0.25) is 0 Å². The number of fused-ring (bicyclic) bond motifs is 1. The van der Waals surface area contributed by atoms with Crippen molar-refractivity contribution in [3.05, 3.63) is 69.9 Å². The van der Waals surface area contributed by atoms with Crippen molar-refractivity contribution in [3.8, 4) is 6.07 Å². The van der Waals surface area contributed by atoms with E-state index in [1.807, 2.05) is 0 Å². The second-order valence-corrected chi connectivity index (χ2v) is 7.04. The molecule has 0 aliphatic heterocycles. The van der Waals surface area contributed by atoms with Gasteiger partial charge in [-0.15, -0.1) is 0 Å². The van der Waals surface area contributed by atoms with E-state index in [2.05, 4.69) is 5.32 Å². The molecule has 3 rings (SSSR count). The maximum Gasteiger partial charge on any atom is 0.417 e. The topological polar surface area (TPSA) is 121 Å². The third-order valence-electron chi connectivity index (χ3n) is 4.64. The number of aliphatic hydroxyl groups is 1. The Balaban J connectivity index is 1.83. The molecule has 0 spiro atoms. The molecule has 160 valence electrons. The van der Waals surface area contributed by atoms with Crippen LogP contribution in [0.15, 0.2) is 48.7 Å². The van der Waals surface area contributed by atoms with Crippen LogP contribution < -0.4 is 5.32 Å². The van der Waals surface area contributed by atoms with Crippen molar-refractivity contribution in [1.29, 1.82) is 5.26 Å². The number of nitro groups is 1. The zero-order chi connectivity index (χ0) is 23.0. The fraction of sp³-hybridized carbons (Fsp3) is 0.200. The van der Waals surface area contributed by atoms with Gasteiger partial charge in [0.1, 0.15) is 0 Å². The number of nitrogens with zero attached hydrogens (tertiary/aromatic N) is 3. The molecule has 0 saturated carbocycles. The molecule has 1 heterocycles. The van der Waals surface area contributed by atoms with Crippen molar-refractivity contribution < 1.29 is 28.0 Å². The molecule has 1 unspecified atom stereocenters. The molecule has 2 aromatic carbocycles. The van der Waals surface area contributed by atoms with E-state index in [0.29, 0.717) is 17.0 Å². The number of nitrogens with one attached hydrogen (secondary N) is 1. The molecule has 0 bridgehead atoms. The number of alkyl halides is 3. The standard InChI is InChI=1S/C20H15F3N4O4/c1-19(29,11-26-7-6-12-8-15(27(30)31)4-5-17(12)26)18(28)25-14-3-2-13(10-24)16(9-14)20(21,22)23/h2-9,29H,11H2,1H3,(H,25,28). The van der Waals surface area contributed by atoms with E-state index in [1.165, 1.54) is 42.0 Å². The predicted octanol–water partition coefficient (Wildman–Crippen LogP) is 3.83. The Morgan fingerprint density at radius 2 is 1.97 bits per heavy atom. The number of amides is 1. The van der Waals surface area contributed by atoms with Crippen LogP contribution in [0.25, 0.3) is 10.9 Å². The first-order valence-corrected chi connectivity index (χ1v) is 8.81. The van der Waals surface area contributed by atoms with Gasteiger partial charge >= 0.3 is 6.18 Å². The molecule has 11 heteroatoms. The molecule has 1 amide bonds. The molecule has 1 atom stereocenters. The lowest BCUT2D eigenvalue weighted by molar-refractivity contribution is -0.384. The van der Waals surface area contributed by atoms with Crippen LogP contribution in [-0.2, 0) is 17.5 Å². The highest BCUT2D eigenvalue weighted by Crippen LogP contribution is 2.33. The summed E-state index contributed by atoms with van der Waals surface area (Å²) in [7, 11) is 0. The van der Waals surface area contributed by atoms with Crippen LogP contribution in [0, 0.1) is 21.4 Å². The third-order valence-corrected chi connectivity index (χ3v) is 4.64. The number of nitro benzene ring substituents is 1. The highest BCUT2D eigenvalue weighted by Gasteiger charge is 2.35. The summed E-state index contributed by atoms with van der Waals surface area (Å²) < 4.78 is 40.8. The largest absolute Gasteiger partial charge is 0.417 e. The summed E-state index contributed by atoms with van der Waals surface area (Å²) in [5.74, 6) is -0.964. The second kappa shape index (κ2) is 7.73. The Hall–Kier alpha value is -3.91. The van der Waals surface area contributed by atoms with Crippen molar-refractivity contribution in [2.45, 2.75) is 25.2 Å². The van der Waals surface area contributed by atoms with Crippen LogP contribution in [0.1, 0.15) is 18.1 Å². The molecule has 31 heavy (non-hydrogen) atoms. The zero-order valence-corrected chi connectivity index (χ0v) is 16.0. The van der Waals surface area contributed by atoms with Crippen LogP contribution in [0.4, 0.5) is 24.5 Å². The Labute approximate surface area is 173 Å². The zero-order valence-electron chi connectivity index (χ0n) is 16.0. The molecular weight excluding hydrogens is 417 g/mol.